The van der Waals surface area contributed by atoms with Gasteiger partial charge < -0.3 is 10.6 Å². The van der Waals surface area contributed by atoms with Crippen molar-refractivity contribution in [1.29, 1.82) is 0 Å². The highest BCUT2D eigenvalue weighted by atomic mass is 32.2. The predicted octanol–water partition coefficient (Wildman–Crippen LogP) is 0.629. The second-order valence-electron chi connectivity index (χ2n) is 4.93. The first kappa shape index (κ1) is 14.0. The summed E-state index contributed by atoms with van der Waals surface area (Å²) in [6, 6.07) is 7.04. The van der Waals surface area contributed by atoms with E-state index in [4.69, 9.17) is 0 Å². The van der Waals surface area contributed by atoms with Gasteiger partial charge in [0.05, 0.1) is 4.90 Å². The van der Waals surface area contributed by atoms with Crippen molar-refractivity contribution in [3.63, 3.8) is 0 Å². The number of sulfone groups is 1. The van der Waals surface area contributed by atoms with Crippen LogP contribution in [0.15, 0.2) is 29.2 Å². The summed E-state index contributed by atoms with van der Waals surface area (Å²) in [6.45, 7) is 2.64. The number of amides is 1. The molecule has 2 rings (SSSR count). The van der Waals surface area contributed by atoms with E-state index in [1.165, 1.54) is 6.26 Å². The Labute approximate surface area is 113 Å². The van der Waals surface area contributed by atoms with Crippen molar-refractivity contribution in [3.05, 3.63) is 29.8 Å². The van der Waals surface area contributed by atoms with Crippen LogP contribution in [0.2, 0.25) is 0 Å². The van der Waals surface area contributed by atoms with E-state index in [2.05, 4.69) is 10.6 Å². The minimum absolute atomic E-state index is 0.0668. The van der Waals surface area contributed by atoms with Gasteiger partial charge in [-0.15, -0.1) is 0 Å². The van der Waals surface area contributed by atoms with E-state index in [-0.39, 0.29) is 18.0 Å². The molecule has 2 unspecified atom stereocenters. The van der Waals surface area contributed by atoms with Gasteiger partial charge in [-0.25, -0.2) is 8.42 Å². The topological polar surface area (TPSA) is 75.3 Å². The zero-order valence-corrected chi connectivity index (χ0v) is 11.8. The zero-order chi connectivity index (χ0) is 14.0. The first-order chi connectivity index (χ1) is 8.86. The molecular formula is C13H18N2O3S. The number of nitrogens with one attached hydrogen (secondary N) is 2. The lowest BCUT2D eigenvalue weighted by Crippen LogP contribution is -2.33. The fraction of sp³-hybridized carbons (Fsp3) is 0.462. The van der Waals surface area contributed by atoms with Crippen molar-refractivity contribution in [3.8, 4) is 0 Å². The van der Waals surface area contributed by atoms with Gasteiger partial charge in [-0.05, 0) is 24.6 Å². The SMILES string of the molecule is CC(NC1CNC(=O)C1)c1ccc(S(C)(=O)=O)cc1. The molecule has 0 aromatic heterocycles. The Hall–Kier alpha value is -1.40. The van der Waals surface area contributed by atoms with Crippen molar-refractivity contribution in [2.45, 2.75) is 30.3 Å². The summed E-state index contributed by atoms with van der Waals surface area (Å²) in [6.07, 6.45) is 1.69. The van der Waals surface area contributed by atoms with Gasteiger partial charge in [-0.3, -0.25) is 4.79 Å². The van der Waals surface area contributed by atoms with Crippen LogP contribution in [0, 0.1) is 0 Å². The van der Waals surface area contributed by atoms with Gasteiger partial charge in [0.1, 0.15) is 0 Å². The molecule has 6 heteroatoms. The van der Waals surface area contributed by atoms with E-state index in [0.717, 1.165) is 5.56 Å². The lowest BCUT2D eigenvalue weighted by Gasteiger charge is -2.18. The number of carbonyl (C=O) groups excluding carboxylic acids is 1. The normalized spacial score (nSPS) is 21.2. The Bertz CT molecular complexity index is 566. The predicted molar refractivity (Wildman–Crippen MR) is 72.5 cm³/mol. The lowest BCUT2D eigenvalue weighted by atomic mass is 10.1. The summed E-state index contributed by atoms with van der Waals surface area (Å²) >= 11 is 0. The second kappa shape index (κ2) is 5.30. The van der Waals surface area contributed by atoms with Crippen molar-refractivity contribution in [2.24, 2.45) is 0 Å². The van der Waals surface area contributed by atoms with Crippen LogP contribution in [0.25, 0.3) is 0 Å². The fourth-order valence-corrected chi connectivity index (χ4v) is 2.81. The molecule has 2 N–H and O–H groups in total. The average Bonchev–Trinajstić information content (AvgIpc) is 2.74. The molecule has 5 nitrogen and oxygen atoms in total. The summed E-state index contributed by atoms with van der Waals surface area (Å²) in [5, 5.41) is 6.13. The Morgan fingerprint density at radius 3 is 2.42 bits per heavy atom. The molecule has 1 fully saturated rings. The van der Waals surface area contributed by atoms with E-state index in [1.54, 1.807) is 24.3 Å². The van der Waals surface area contributed by atoms with Gasteiger partial charge in [-0.2, -0.15) is 0 Å². The van der Waals surface area contributed by atoms with Crippen molar-refractivity contribution < 1.29 is 13.2 Å². The summed E-state index contributed by atoms with van der Waals surface area (Å²) in [5.74, 6) is 0.0668. The highest BCUT2D eigenvalue weighted by Gasteiger charge is 2.22. The van der Waals surface area contributed by atoms with Gasteiger partial charge in [-0.1, -0.05) is 12.1 Å². The number of rotatable bonds is 4. The standard InChI is InChI=1S/C13H18N2O3S/c1-9(15-11-7-13(16)14-8-11)10-3-5-12(6-4-10)19(2,17)18/h3-6,9,11,15H,7-8H2,1-2H3,(H,14,16). The molecule has 1 aromatic carbocycles. The smallest absolute Gasteiger partial charge is 0.221 e. The van der Waals surface area contributed by atoms with Gasteiger partial charge >= 0.3 is 0 Å². The molecule has 0 bridgehead atoms. The number of carbonyl (C=O) groups is 1. The highest BCUT2D eigenvalue weighted by molar-refractivity contribution is 7.90. The van der Waals surface area contributed by atoms with Gasteiger partial charge in [0.2, 0.25) is 5.91 Å². The highest BCUT2D eigenvalue weighted by Crippen LogP contribution is 2.17. The first-order valence-electron chi connectivity index (χ1n) is 6.19. The minimum atomic E-state index is -3.15. The van der Waals surface area contributed by atoms with Crippen molar-refractivity contribution in [2.75, 3.05) is 12.8 Å². The van der Waals surface area contributed by atoms with Crippen LogP contribution in [-0.4, -0.2) is 33.2 Å². The molecule has 0 radical (unpaired) electrons. The van der Waals surface area contributed by atoms with Crippen LogP contribution in [0.1, 0.15) is 24.9 Å². The van der Waals surface area contributed by atoms with Crippen LogP contribution < -0.4 is 10.6 Å². The maximum atomic E-state index is 11.4. The number of hydrogen-bond acceptors (Lipinski definition) is 4. The van der Waals surface area contributed by atoms with Crippen LogP contribution in [0.4, 0.5) is 0 Å². The van der Waals surface area contributed by atoms with Gasteiger partial charge in [0.15, 0.2) is 9.84 Å². The van der Waals surface area contributed by atoms with Crippen LogP contribution in [0.3, 0.4) is 0 Å². The molecule has 1 aromatic rings. The lowest BCUT2D eigenvalue weighted by molar-refractivity contribution is -0.119. The summed E-state index contributed by atoms with van der Waals surface area (Å²) in [5.41, 5.74) is 1.01. The summed E-state index contributed by atoms with van der Waals surface area (Å²) in [7, 11) is -3.15. The third-order valence-corrected chi connectivity index (χ3v) is 4.40. The molecule has 1 heterocycles. The zero-order valence-electron chi connectivity index (χ0n) is 11.0. The molecule has 19 heavy (non-hydrogen) atoms. The molecule has 104 valence electrons. The molecule has 2 atom stereocenters. The van der Waals surface area contributed by atoms with E-state index >= 15 is 0 Å². The van der Waals surface area contributed by atoms with Gasteiger partial charge in [0, 0.05) is 31.3 Å². The van der Waals surface area contributed by atoms with E-state index in [0.29, 0.717) is 17.9 Å². The monoisotopic (exact) mass is 282 g/mol. The molecule has 0 aliphatic carbocycles. The van der Waals surface area contributed by atoms with Crippen LogP contribution >= 0.6 is 0 Å². The quantitative estimate of drug-likeness (QED) is 0.849. The number of hydrogen-bond donors (Lipinski definition) is 2. The maximum Gasteiger partial charge on any atom is 0.221 e. The molecule has 1 amide bonds. The average molecular weight is 282 g/mol. The van der Waals surface area contributed by atoms with E-state index < -0.39 is 9.84 Å². The second-order valence-corrected chi connectivity index (χ2v) is 6.95. The van der Waals surface area contributed by atoms with Crippen LogP contribution in [0.5, 0.6) is 0 Å². The largest absolute Gasteiger partial charge is 0.354 e. The van der Waals surface area contributed by atoms with E-state index in [9.17, 15) is 13.2 Å². The third kappa shape index (κ3) is 3.54. The van der Waals surface area contributed by atoms with E-state index in [1.807, 2.05) is 6.92 Å². The Morgan fingerprint density at radius 2 is 1.95 bits per heavy atom. The van der Waals surface area contributed by atoms with Crippen LogP contribution in [-0.2, 0) is 14.6 Å². The molecule has 1 saturated heterocycles. The van der Waals surface area contributed by atoms with Crippen molar-refractivity contribution >= 4 is 15.7 Å². The minimum Gasteiger partial charge on any atom is -0.354 e. The third-order valence-electron chi connectivity index (χ3n) is 3.27. The summed E-state index contributed by atoms with van der Waals surface area (Å²) < 4.78 is 22.7. The molecule has 1 aliphatic rings. The van der Waals surface area contributed by atoms with Crippen molar-refractivity contribution in [1.82, 2.24) is 10.6 Å². The number of benzene rings is 1. The first-order valence-corrected chi connectivity index (χ1v) is 8.08. The summed E-state index contributed by atoms with van der Waals surface area (Å²) in [4.78, 5) is 11.4. The molecule has 0 saturated carbocycles. The Balaban J connectivity index is 2.03. The molecule has 1 aliphatic heterocycles. The Morgan fingerprint density at radius 1 is 1.32 bits per heavy atom. The maximum absolute atomic E-state index is 11.4. The fourth-order valence-electron chi connectivity index (χ4n) is 2.18. The Kier molecular flexibility index (Phi) is 3.91. The molecule has 0 spiro atoms. The molecular weight excluding hydrogens is 264 g/mol. The van der Waals surface area contributed by atoms with Gasteiger partial charge in [0.25, 0.3) is 0 Å².